The molecular weight excluding hydrogens is 304 g/mol. The molecule has 0 saturated carbocycles. The second-order valence-electron chi connectivity index (χ2n) is 5.78. The fourth-order valence-corrected chi connectivity index (χ4v) is 2.42. The number of benzene rings is 1. The van der Waals surface area contributed by atoms with E-state index in [2.05, 4.69) is 10.6 Å². The molecule has 2 atom stereocenters. The van der Waals surface area contributed by atoms with Crippen LogP contribution in [0, 0.1) is 5.92 Å². The zero-order valence-corrected chi connectivity index (χ0v) is 13.9. The SMILES string of the molecule is CC(C)Oc1cccc(CC(=O)NCC2CNCC2O)c1.Cl. The molecule has 2 rings (SSSR count). The monoisotopic (exact) mass is 328 g/mol. The van der Waals surface area contributed by atoms with Crippen molar-refractivity contribution in [1.29, 1.82) is 0 Å². The fraction of sp³-hybridized carbons (Fsp3) is 0.562. The van der Waals surface area contributed by atoms with Gasteiger partial charge in [-0.25, -0.2) is 0 Å². The maximum Gasteiger partial charge on any atom is 0.224 e. The van der Waals surface area contributed by atoms with Gasteiger partial charge in [-0.3, -0.25) is 4.79 Å². The molecule has 1 heterocycles. The summed E-state index contributed by atoms with van der Waals surface area (Å²) in [5.74, 6) is 0.853. The molecule has 0 bridgehead atoms. The Kier molecular flexibility index (Phi) is 7.65. The van der Waals surface area contributed by atoms with E-state index >= 15 is 0 Å². The van der Waals surface area contributed by atoms with Gasteiger partial charge in [-0.15, -0.1) is 12.4 Å². The molecule has 1 amide bonds. The van der Waals surface area contributed by atoms with E-state index in [0.717, 1.165) is 17.9 Å². The number of carbonyl (C=O) groups excluding carboxylic acids is 1. The summed E-state index contributed by atoms with van der Waals surface area (Å²) >= 11 is 0. The first-order chi connectivity index (χ1) is 10.0. The van der Waals surface area contributed by atoms with Crippen molar-refractivity contribution < 1.29 is 14.6 Å². The van der Waals surface area contributed by atoms with Gasteiger partial charge in [0.15, 0.2) is 0 Å². The van der Waals surface area contributed by atoms with Crippen LogP contribution < -0.4 is 15.4 Å². The van der Waals surface area contributed by atoms with Crippen molar-refractivity contribution in [3.8, 4) is 5.75 Å². The van der Waals surface area contributed by atoms with Crippen molar-refractivity contribution in [2.24, 2.45) is 5.92 Å². The Morgan fingerprint density at radius 3 is 2.86 bits per heavy atom. The molecule has 1 saturated heterocycles. The van der Waals surface area contributed by atoms with Gasteiger partial charge in [-0.2, -0.15) is 0 Å². The molecule has 6 heteroatoms. The molecule has 3 N–H and O–H groups in total. The lowest BCUT2D eigenvalue weighted by Crippen LogP contribution is -2.35. The van der Waals surface area contributed by atoms with Crippen LogP contribution in [-0.4, -0.2) is 42.9 Å². The summed E-state index contributed by atoms with van der Waals surface area (Å²) in [6.45, 7) is 5.81. The Morgan fingerprint density at radius 2 is 2.23 bits per heavy atom. The molecule has 1 aromatic carbocycles. The smallest absolute Gasteiger partial charge is 0.224 e. The average molecular weight is 329 g/mol. The molecule has 0 aliphatic carbocycles. The van der Waals surface area contributed by atoms with Gasteiger partial charge in [0, 0.05) is 25.6 Å². The third-order valence-electron chi connectivity index (χ3n) is 3.50. The van der Waals surface area contributed by atoms with E-state index < -0.39 is 0 Å². The van der Waals surface area contributed by atoms with Crippen LogP contribution in [0.2, 0.25) is 0 Å². The first kappa shape index (κ1) is 18.7. The number of amides is 1. The van der Waals surface area contributed by atoms with Crippen LogP contribution in [-0.2, 0) is 11.2 Å². The van der Waals surface area contributed by atoms with E-state index in [1.807, 2.05) is 38.1 Å². The van der Waals surface area contributed by atoms with Crippen LogP contribution in [0.5, 0.6) is 5.75 Å². The molecular formula is C16H25ClN2O3. The van der Waals surface area contributed by atoms with E-state index in [1.165, 1.54) is 0 Å². The lowest BCUT2D eigenvalue weighted by Gasteiger charge is -2.14. The molecule has 1 aliphatic heterocycles. The van der Waals surface area contributed by atoms with Gasteiger partial charge in [0.1, 0.15) is 5.75 Å². The molecule has 22 heavy (non-hydrogen) atoms. The van der Waals surface area contributed by atoms with Crippen molar-refractivity contribution in [2.45, 2.75) is 32.5 Å². The summed E-state index contributed by atoms with van der Waals surface area (Å²) in [5.41, 5.74) is 0.927. The Bertz CT molecular complexity index is 482. The highest BCUT2D eigenvalue weighted by atomic mass is 35.5. The van der Waals surface area contributed by atoms with Gasteiger partial charge in [0.2, 0.25) is 5.91 Å². The van der Waals surface area contributed by atoms with E-state index in [4.69, 9.17) is 4.74 Å². The van der Waals surface area contributed by atoms with Gasteiger partial charge in [-0.05, 0) is 31.5 Å². The van der Waals surface area contributed by atoms with Crippen LogP contribution in [0.25, 0.3) is 0 Å². The largest absolute Gasteiger partial charge is 0.491 e. The number of halogens is 1. The minimum absolute atomic E-state index is 0. The quantitative estimate of drug-likeness (QED) is 0.732. The first-order valence-corrected chi connectivity index (χ1v) is 7.45. The van der Waals surface area contributed by atoms with Gasteiger partial charge < -0.3 is 20.5 Å². The van der Waals surface area contributed by atoms with Crippen molar-refractivity contribution in [3.63, 3.8) is 0 Å². The molecule has 1 aliphatic rings. The summed E-state index contributed by atoms with van der Waals surface area (Å²) in [4.78, 5) is 12.0. The number of hydrogen-bond donors (Lipinski definition) is 3. The second-order valence-corrected chi connectivity index (χ2v) is 5.78. The number of carbonyl (C=O) groups is 1. The molecule has 1 fully saturated rings. The predicted molar refractivity (Wildman–Crippen MR) is 88.5 cm³/mol. The summed E-state index contributed by atoms with van der Waals surface area (Å²) in [7, 11) is 0. The number of aliphatic hydroxyl groups excluding tert-OH is 1. The number of hydrogen-bond acceptors (Lipinski definition) is 4. The van der Waals surface area contributed by atoms with Crippen LogP contribution in [0.1, 0.15) is 19.4 Å². The van der Waals surface area contributed by atoms with Gasteiger partial charge in [0.25, 0.3) is 0 Å². The maximum absolute atomic E-state index is 12.0. The van der Waals surface area contributed by atoms with Crippen molar-refractivity contribution in [3.05, 3.63) is 29.8 Å². The first-order valence-electron chi connectivity index (χ1n) is 7.45. The number of rotatable bonds is 6. The minimum atomic E-state index is -0.368. The molecule has 124 valence electrons. The summed E-state index contributed by atoms with van der Waals surface area (Å²) in [6, 6.07) is 7.59. The molecule has 2 unspecified atom stereocenters. The summed E-state index contributed by atoms with van der Waals surface area (Å²) in [6.07, 6.45) is 0.0736. The Morgan fingerprint density at radius 1 is 1.45 bits per heavy atom. The van der Waals surface area contributed by atoms with E-state index in [1.54, 1.807) is 0 Å². The van der Waals surface area contributed by atoms with Gasteiger partial charge >= 0.3 is 0 Å². The molecule has 1 aromatic rings. The third kappa shape index (κ3) is 5.83. The van der Waals surface area contributed by atoms with Crippen molar-refractivity contribution >= 4 is 18.3 Å². The number of ether oxygens (including phenoxy) is 1. The van der Waals surface area contributed by atoms with Crippen LogP contribution >= 0.6 is 12.4 Å². The predicted octanol–water partition coefficient (Wildman–Crippen LogP) is 1.13. The average Bonchev–Trinajstić information content (AvgIpc) is 2.81. The van der Waals surface area contributed by atoms with Crippen molar-refractivity contribution in [1.82, 2.24) is 10.6 Å². The van der Waals surface area contributed by atoms with E-state index in [0.29, 0.717) is 19.5 Å². The Hall–Kier alpha value is -1.30. The molecule has 5 nitrogen and oxygen atoms in total. The van der Waals surface area contributed by atoms with E-state index in [-0.39, 0.29) is 36.4 Å². The van der Waals surface area contributed by atoms with Gasteiger partial charge in [-0.1, -0.05) is 12.1 Å². The van der Waals surface area contributed by atoms with Gasteiger partial charge in [0.05, 0.1) is 18.6 Å². The van der Waals surface area contributed by atoms with Crippen LogP contribution in [0.4, 0.5) is 0 Å². The Balaban J connectivity index is 0.00000242. The number of nitrogens with one attached hydrogen (secondary N) is 2. The highest BCUT2D eigenvalue weighted by Gasteiger charge is 2.24. The standard InChI is InChI=1S/C16H24N2O3.ClH/c1-11(2)21-14-5-3-4-12(6-14)7-16(20)18-9-13-8-17-10-15(13)19;/h3-6,11,13,15,17,19H,7-10H2,1-2H3,(H,18,20);1H. The topological polar surface area (TPSA) is 70.6 Å². The van der Waals surface area contributed by atoms with Crippen LogP contribution in [0.15, 0.2) is 24.3 Å². The highest BCUT2D eigenvalue weighted by Crippen LogP contribution is 2.15. The molecule has 0 spiro atoms. The summed E-state index contributed by atoms with van der Waals surface area (Å²) in [5, 5.41) is 15.7. The number of aliphatic hydroxyl groups is 1. The maximum atomic E-state index is 12.0. The fourth-order valence-electron chi connectivity index (χ4n) is 2.42. The Labute approximate surface area is 137 Å². The lowest BCUT2D eigenvalue weighted by molar-refractivity contribution is -0.120. The summed E-state index contributed by atoms with van der Waals surface area (Å²) < 4.78 is 5.62. The van der Waals surface area contributed by atoms with Crippen LogP contribution in [0.3, 0.4) is 0 Å². The lowest BCUT2D eigenvalue weighted by atomic mass is 10.1. The second kappa shape index (κ2) is 8.98. The third-order valence-corrected chi connectivity index (χ3v) is 3.50. The number of β-amino-alcohol motifs (C(OH)–C–C–N with tert-alkyl or cyclic N) is 1. The van der Waals surface area contributed by atoms with Crippen molar-refractivity contribution in [2.75, 3.05) is 19.6 Å². The molecule has 0 aromatic heterocycles. The zero-order chi connectivity index (χ0) is 15.2. The highest BCUT2D eigenvalue weighted by molar-refractivity contribution is 5.85. The minimum Gasteiger partial charge on any atom is -0.491 e. The normalized spacial score (nSPS) is 20.5. The molecule has 0 radical (unpaired) electrons. The zero-order valence-electron chi connectivity index (χ0n) is 13.0. The van der Waals surface area contributed by atoms with E-state index in [9.17, 15) is 9.90 Å².